The zero-order valence-corrected chi connectivity index (χ0v) is 11.3. The summed E-state index contributed by atoms with van der Waals surface area (Å²) < 4.78 is 5.72. The number of hydrogen-bond donors (Lipinski definition) is 2. The maximum absolute atomic E-state index is 11.2. The number of rotatable bonds is 8. The van der Waals surface area contributed by atoms with Crippen LogP contribution in [0.25, 0.3) is 0 Å². The van der Waals surface area contributed by atoms with Gasteiger partial charge in [0.25, 0.3) is 0 Å². The second-order valence-corrected chi connectivity index (χ2v) is 4.89. The molecule has 1 fully saturated rings. The number of nitrogens with zero attached hydrogens (tertiary/aromatic N) is 1. The molecule has 1 saturated heterocycles. The average Bonchev–Trinajstić information content (AvgIpc) is 2.37. The molecule has 0 saturated carbocycles. The highest BCUT2D eigenvalue weighted by atomic mass is 16.5. The SMILES string of the molecule is CCCC(C(=O)O)N1CCC(OCCCN)CC1. The number of carbonyl (C=O) groups is 1. The summed E-state index contributed by atoms with van der Waals surface area (Å²) in [4.78, 5) is 13.3. The van der Waals surface area contributed by atoms with Crippen LogP contribution in [0.15, 0.2) is 0 Å². The Labute approximate surface area is 109 Å². The normalized spacial score (nSPS) is 19.9. The van der Waals surface area contributed by atoms with Crippen molar-refractivity contribution in [1.29, 1.82) is 0 Å². The molecular formula is C13H26N2O3. The van der Waals surface area contributed by atoms with Crippen molar-refractivity contribution in [3.05, 3.63) is 0 Å². The quantitative estimate of drug-likeness (QED) is 0.637. The van der Waals surface area contributed by atoms with Gasteiger partial charge in [0.05, 0.1) is 6.10 Å². The first-order valence-corrected chi connectivity index (χ1v) is 6.97. The first-order chi connectivity index (χ1) is 8.69. The number of nitrogens with two attached hydrogens (primary N) is 1. The van der Waals surface area contributed by atoms with Crippen molar-refractivity contribution in [3.63, 3.8) is 0 Å². The van der Waals surface area contributed by atoms with Gasteiger partial charge in [-0.15, -0.1) is 0 Å². The molecule has 0 radical (unpaired) electrons. The number of carboxylic acids is 1. The Morgan fingerprint density at radius 3 is 2.67 bits per heavy atom. The summed E-state index contributed by atoms with van der Waals surface area (Å²) in [6, 6.07) is -0.319. The largest absolute Gasteiger partial charge is 0.480 e. The summed E-state index contributed by atoms with van der Waals surface area (Å²) >= 11 is 0. The summed E-state index contributed by atoms with van der Waals surface area (Å²) in [7, 11) is 0. The van der Waals surface area contributed by atoms with E-state index in [1.54, 1.807) is 0 Å². The molecule has 5 nitrogen and oxygen atoms in total. The maximum Gasteiger partial charge on any atom is 0.320 e. The molecule has 0 aromatic heterocycles. The van der Waals surface area contributed by atoms with Gasteiger partial charge >= 0.3 is 5.97 Å². The number of likely N-dealkylation sites (tertiary alicyclic amines) is 1. The van der Waals surface area contributed by atoms with Gasteiger partial charge in [0.2, 0.25) is 0 Å². The van der Waals surface area contributed by atoms with Gasteiger partial charge in [-0.25, -0.2) is 0 Å². The van der Waals surface area contributed by atoms with Crippen LogP contribution < -0.4 is 5.73 Å². The third-order valence-corrected chi connectivity index (χ3v) is 3.47. The Morgan fingerprint density at radius 1 is 1.50 bits per heavy atom. The molecule has 1 rings (SSSR count). The fourth-order valence-corrected chi connectivity index (χ4v) is 2.42. The van der Waals surface area contributed by atoms with Gasteiger partial charge in [-0.2, -0.15) is 0 Å². The lowest BCUT2D eigenvalue weighted by Gasteiger charge is -2.35. The lowest BCUT2D eigenvalue weighted by atomic mass is 10.0. The van der Waals surface area contributed by atoms with Crippen molar-refractivity contribution in [2.45, 2.75) is 51.2 Å². The standard InChI is InChI=1S/C13H26N2O3/c1-2-4-12(13(16)17)15-8-5-11(6-9-15)18-10-3-7-14/h11-12H,2-10,14H2,1H3,(H,16,17). The lowest BCUT2D eigenvalue weighted by molar-refractivity contribution is -0.144. The fourth-order valence-electron chi connectivity index (χ4n) is 2.42. The van der Waals surface area contributed by atoms with Crippen LogP contribution >= 0.6 is 0 Å². The van der Waals surface area contributed by atoms with Gasteiger partial charge in [0.1, 0.15) is 6.04 Å². The van der Waals surface area contributed by atoms with Crippen LogP contribution in [0.1, 0.15) is 39.0 Å². The van der Waals surface area contributed by atoms with E-state index in [1.807, 2.05) is 6.92 Å². The van der Waals surface area contributed by atoms with Crippen LogP contribution in [0.2, 0.25) is 0 Å². The van der Waals surface area contributed by atoms with Crippen molar-refractivity contribution >= 4 is 5.97 Å². The molecule has 18 heavy (non-hydrogen) atoms. The third-order valence-electron chi connectivity index (χ3n) is 3.47. The van der Waals surface area contributed by atoms with Gasteiger partial charge in [0.15, 0.2) is 0 Å². The van der Waals surface area contributed by atoms with Crippen LogP contribution in [-0.4, -0.2) is 54.4 Å². The van der Waals surface area contributed by atoms with Crippen molar-refractivity contribution in [3.8, 4) is 0 Å². The van der Waals surface area contributed by atoms with Crippen molar-refractivity contribution in [2.24, 2.45) is 5.73 Å². The molecule has 0 bridgehead atoms. The average molecular weight is 258 g/mol. The van der Waals surface area contributed by atoms with Crippen LogP contribution in [0.3, 0.4) is 0 Å². The monoisotopic (exact) mass is 258 g/mol. The lowest BCUT2D eigenvalue weighted by Crippen LogP contribution is -2.47. The Bertz CT molecular complexity index is 240. The summed E-state index contributed by atoms with van der Waals surface area (Å²) in [6.45, 7) is 5.06. The number of ether oxygens (including phenoxy) is 1. The van der Waals surface area contributed by atoms with Crippen molar-refractivity contribution in [2.75, 3.05) is 26.2 Å². The molecule has 3 N–H and O–H groups in total. The minimum atomic E-state index is -0.695. The molecule has 1 aliphatic heterocycles. The topological polar surface area (TPSA) is 75.8 Å². The molecule has 0 aliphatic carbocycles. The Kier molecular flexibility index (Phi) is 7.23. The predicted molar refractivity (Wildman–Crippen MR) is 70.6 cm³/mol. The van der Waals surface area contributed by atoms with E-state index in [-0.39, 0.29) is 12.1 Å². The molecule has 106 valence electrons. The molecule has 0 aromatic rings. The molecular weight excluding hydrogens is 232 g/mol. The number of hydrogen-bond acceptors (Lipinski definition) is 4. The molecule has 1 aliphatic rings. The van der Waals surface area contributed by atoms with Crippen molar-refractivity contribution < 1.29 is 14.6 Å². The highest BCUT2D eigenvalue weighted by molar-refractivity contribution is 5.73. The van der Waals surface area contributed by atoms with Crippen LogP contribution in [0.4, 0.5) is 0 Å². The van der Waals surface area contributed by atoms with Crippen LogP contribution in [0, 0.1) is 0 Å². The number of carboxylic acid groups (broad SMARTS) is 1. The van der Waals surface area contributed by atoms with E-state index in [9.17, 15) is 9.90 Å². The molecule has 1 unspecified atom stereocenters. The van der Waals surface area contributed by atoms with E-state index >= 15 is 0 Å². The zero-order chi connectivity index (χ0) is 13.4. The van der Waals surface area contributed by atoms with Gasteiger partial charge in [0, 0.05) is 19.7 Å². The number of piperidine rings is 1. The minimum Gasteiger partial charge on any atom is -0.480 e. The Hall–Kier alpha value is -0.650. The van der Waals surface area contributed by atoms with E-state index in [2.05, 4.69) is 4.90 Å². The molecule has 0 spiro atoms. The highest BCUT2D eigenvalue weighted by Gasteiger charge is 2.28. The molecule has 5 heteroatoms. The Morgan fingerprint density at radius 2 is 2.17 bits per heavy atom. The van der Waals surface area contributed by atoms with E-state index in [4.69, 9.17) is 10.5 Å². The van der Waals surface area contributed by atoms with E-state index < -0.39 is 5.97 Å². The van der Waals surface area contributed by atoms with E-state index in [0.29, 0.717) is 6.54 Å². The summed E-state index contributed by atoms with van der Waals surface area (Å²) in [5, 5.41) is 9.21. The predicted octanol–water partition coefficient (Wildman–Crippen LogP) is 1.07. The van der Waals surface area contributed by atoms with E-state index in [0.717, 1.165) is 51.8 Å². The molecule has 0 aromatic carbocycles. The molecule has 1 heterocycles. The first-order valence-electron chi connectivity index (χ1n) is 6.97. The highest BCUT2D eigenvalue weighted by Crippen LogP contribution is 2.18. The Balaban J connectivity index is 2.30. The molecule has 1 atom stereocenters. The van der Waals surface area contributed by atoms with Gasteiger partial charge in [-0.1, -0.05) is 13.3 Å². The summed E-state index contributed by atoms with van der Waals surface area (Å²) in [5.74, 6) is -0.695. The zero-order valence-electron chi connectivity index (χ0n) is 11.3. The van der Waals surface area contributed by atoms with Gasteiger partial charge in [-0.3, -0.25) is 9.69 Å². The second-order valence-electron chi connectivity index (χ2n) is 4.89. The van der Waals surface area contributed by atoms with Crippen molar-refractivity contribution in [1.82, 2.24) is 4.90 Å². The fraction of sp³-hybridized carbons (Fsp3) is 0.923. The van der Waals surface area contributed by atoms with Gasteiger partial charge < -0.3 is 15.6 Å². The summed E-state index contributed by atoms with van der Waals surface area (Å²) in [6.07, 6.45) is 4.67. The maximum atomic E-state index is 11.2. The third kappa shape index (κ3) is 4.92. The first kappa shape index (κ1) is 15.4. The van der Waals surface area contributed by atoms with Crippen LogP contribution in [-0.2, 0) is 9.53 Å². The second kappa shape index (κ2) is 8.45. The number of aliphatic carboxylic acids is 1. The molecule has 0 amide bonds. The van der Waals surface area contributed by atoms with Crippen LogP contribution in [0.5, 0.6) is 0 Å². The van der Waals surface area contributed by atoms with E-state index in [1.165, 1.54) is 0 Å². The minimum absolute atomic E-state index is 0.281. The van der Waals surface area contributed by atoms with Gasteiger partial charge in [-0.05, 0) is 32.2 Å². The smallest absolute Gasteiger partial charge is 0.320 e. The summed E-state index contributed by atoms with van der Waals surface area (Å²) in [5.41, 5.74) is 5.42.